The van der Waals surface area contributed by atoms with Crippen LogP contribution in [-0.2, 0) is 6.54 Å². The van der Waals surface area contributed by atoms with E-state index in [1.807, 2.05) is 6.07 Å². The number of hydrogen-bond donors (Lipinski definition) is 1. The number of benzene rings is 1. The molecule has 23 heavy (non-hydrogen) atoms. The minimum absolute atomic E-state index is 0.779. The first-order chi connectivity index (χ1) is 11.3. The molecule has 6 heteroatoms. The number of nitrogens with one attached hydrogen (secondary N) is 1. The molecule has 0 radical (unpaired) electrons. The van der Waals surface area contributed by atoms with Gasteiger partial charge in [-0.05, 0) is 26.8 Å². The molecule has 0 bridgehead atoms. The smallest absolute Gasteiger partial charge is 0.211 e. The maximum atomic E-state index is 4.77. The van der Waals surface area contributed by atoms with E-state index >= 15 is 0 Å². The minimum atomic E-state index is 0.779. The van der Waals surface area contributed by atoms with Crippen LogP contribution in [0.15, 0.2) is 29.4 Å². The van der Waals surface area contributed by atoms with Crippen molar-refractivity contribution in [3.05, 3.63) is 24.3 Å². The standard InChI is InChI=1S/C17H23N5S/c1-4-21(5-2)11-12-23-17-18-16-15(19-20-17)13-9-7-8-10-14(13)22(16)6-3/h7-10H,4-6,11-12H2,1-3H3/p+1. The monoisotopic (exact) mass is 330 g/mol. The Labute approximate surface area is 141 Å². The maximum absolute atomic E-state index is 4.77. The number of aromatic nitrogens is 4. The molecular weight excluding hydrogens is 306 g/mol. The van der Waals surface area contributed by atoms with Gasteiger partial charge in [-0.25, -0.2) is 4.98 Å². The lowest BCUT2D eigenvalue weighted by atomic mass is 10.2. The zero-order valence-corrected chi connectivity index (χ0v) is 14.9. The summed E-state index contributed by atoms with van der Waals surface area (Å²) in [6.45, 7) is 11.0. The lowest BCUT2D eigenvalue weighted by Gasteiger charge is -2.14. The summed E-state index contributed by atoms with van der Waals surface area (Å²) in [5.74, 6) is 1.02. The van der Waals surface area contributed by atoms with E-state index in [-0.39, 0.29) is 0 Å². The van der Waals surface area contributed by atoms with E-state index in [2.05, 4.69) is 53.7 Å². The van der Waals surface area contributed by atoms with Crippen LogP contribution in [0.5, 0.6) is 0 Å². The number of quaternary nitrogens is 1. The van der Waals surface area contributed by atoms with Crippen molar-refractivity contribution in [2.24, 2.45) is 0 Å². The summed E-state index contributed by atoms with van der Waals surface area (Å²) in [6.07, 6.45) is 0. The van der Waals surface area contributed by atoms with Gasteiger partial charge in [-0.15, -0.1) is 10.2 Å². The molecule has 2 aromatic heterocycles. The number of fused-ring (bicyclic) bond motifs is 3. The average Bonchev–Trinajstić information content (AvgIpc) is 2.91. The van der Waals surface area contributed by atoms with Crippen LogP contribution in [0.2, 0.25) is 0 Å². The fourth-order valence-corrected chi connectivity index (χ4v) is 3.78. The molecule has 3 aromatic rings. The molecule has 1 aromatic carbocycles. The SMILES string of the molecule is CCn1c2ccccc2c2nnc(SCC[NH+](CC)CC)nc21. The second-order valence-corrected chi connectivity index (χ2v) is 6.65. The number of rotatable bonds is 7. The molecule has 3 rings (SSSR count). The molecule has 0 spiro atoms. The van der Waals surface area contributed by atoms with Crippen molar-refractivity contribution in [1.82, 2.24) is 19.7 Å². The quantitative estimate of drug-likeness (QED) is 0.673. The Hall–Kier alpha value is -1.66. The molecule has 0 aliphatic carbocycles. The Bertz CT molecular complexity index is 794. The van der Waals surface area contributed by atoms with Gasteiger partial charge in [0.1, 0.15) is 5.52 Å². The number of thioether (sulfide) groups is 1. The first-order valence-corrected chi connectivity index (χ1v) is 9.35. The van der Waals surface area contributed by atoms with Gasteiger partial charge < -0.3 is 9.47 Å². The molecule has 1 N–H and O–H groups in total. The van der Waals surface area contributed by atoms with E-state index in [1.165, 1.54) is 18.6 Å². The number of aryl methyl sites for hydroxylation is 1. The Kier molecular flexibility index (Phi) is 5.13. The summed E-state index contributed by atoms with van der Waals surface area (Å²) in [7, 11) is 0. The van der Waals surface area contributed by atoms with Crippen LogP contribution in [0.3, 0.4) is 0 Å². The molecule has 0 fully saturated rings. The Morgan fingerprint density at radius 2 is 1.87 bits per heavy atom. The number of para-hydroxylation sites is 1. The molecule has 0 saturated heterocycles. The van der Waals surface area contributed by atoms with E-state index in [0.29, 0.717) is 0 Å². The van der Waals surface area contributed by atoms with Gasteiger partial charge >= 0.3 is 0 Å². The molecule has 0 atom stereocenters. The van der Waals surface area contributed by atoms with Gasteiger partial charge in [-0.1, -0.05) is 30.0 Å². The Morgan fingerprint density at radius 1 is 1.09 bits per heavy atom. The van der Waals surface area contributed by atoms with E-state index in [1.54, 1.807) is 16.7 Å². The summed E-state index contributed by atoms with van der Waals surface area (Å²) in [5, 5.41) is 10.7. The van der Waals surface area contributed by atoms with Crippen molar-refractivity contribution in [2.75, 3.05) is 25.4 Å². The zero-order chi connectivity index (χ0) is 16.2. The van der Waals surface area contributed by atoms with E-state index in [9.17, 15) is 0 Å². The van der Waals surface area contributed by atoms with Crippen molar-refractivity contribution >= 4 is 33.8 Å². The van der Waals surface area contributed by atoms with E-state index in [0.717, 1.165) is 40.5 Å². The fraction of sp³-hybridized carbons (Fsp3) is 0.471. The summed E-state index contributed by atoms with van der Waals surface area (Å²) in [6, 6.07) is 8.32. The van der Waals surface area contributed by atoms with Crippen LogP contribution < -0.4 is 4.90 Å². The molecule has 122 valence electrons. The fourth-order valence-electron chi connectivity index (χ4n) is 2.96. The van der Waals surface area contributed by atoms with Crippen molar-refractivity contribution in [2.45, 2.75) is 32.5 Å². The third-order valence-corrected chi connectivity index (χ3v) is 5.20. The van der Waals surface area contributed by atoms with E-state index in [4.69, 9.17) is 4.98 Å². The van der Waals surface area contributed by atoms with Gasteiger partial charge in [0.15, 0.2) is 5.65 Å². The highest BCUT2D eigenvalue weighted by atomic mass is 32.2. The normalized spacial score (nSPS) is 11.8. The summed E-state index contributed by atoms with van der Waals surface area (Å²) in [5.41, 5.74) is 3.03. The van der Waals surface area contributed by atoms with Gasteiger partial charge in [0.2, 0.25) is 5.16 Å². The van der Waals surface area contributed by atoms with Crippen LogP contribution in [-0.4, -0.2) is 45.1 Å². The van der Waals surface area contributed by atoms with Crippen molar-refractivity contribution < 1.29 is 4.90 Å². The molecule has 0 aliphatic rings. The molecule has 5 nitrogen and oxygen atoms in total. The van der Waals surface area contributed by atoms with Crippen LogP contribution in [0.25, 0.3) is 22.1 Å². The molecule has 0 unspecified atom stereocenters. The summed E-state index contributed by atoms with van der Waals surface area (Å²) in [4.78, 5) is 6.38. The van der Waals surface area contributed by atoms with Gasteiger partial charge in [0.05, 0.1) is 30.9 Å². The molecular formula is C17H24N5S+. The molecule has 2 heterocycles. The third kappa shape index (κ3) is 3.19. The van der Waals surface area contributed by atoms with Gasteiger partial charge in [0.25, 0.3) is 0 Å². The lowest BCUT2D eigenvalue weighted by Crippen LogP contribution is -3.11. The summed E-state index contributed by atoms with van der Waals surface area (Å²) >= 11 is 1.70. The Balaban J connectivity index is 1.88. The van der Waals surface area contributed by atoms with Crippen LogP contribution in [0.4, 0.5) is 0 Å². The first-order valence-electron chi connectivity index (χ1n) is 8.36. The molecule has 0 saturated carbocycles. The highest BCUT2D eigenvalue weighted by molar-refractivity contribution is 7.99. The zero-order valence-electron chi connectivity index (χ0n) is 14.0. The number of nitrogens with zero attached hydrogens (tertiary/aromatic N) is 4. The van der Waals surface area contributed by atoms with Crippen molar-refractivity contribution in [3.63, 3.8) is 0 Å². The lowest BCUT2D eigenvalue weighted by molar-refractivity contribution is -0.893. The highest BCUT2D eigenvalue weighted by Crippen LogP contribution is 2.26. The largest absolute Gasteiger partial charge is 0.335 e. The van der Waals surface area contributed by atoms with Crippen molar-refractivity contribution in [3.8, 4) is 0 Å². The second-order valence-electron chi connectivity index (χ2n) is 5.58. The van der Waals surface area contributed by atoms with Crippen LogP contribution >= 0.6 is 11.8 Å². The maximum Gasteiger partial charge on any atom is 0.211 e. The Morgan fingerprint density at radius 3 is 2.61 bits per heavy atom. The third-order valence-electron chi connectivity index (χ3n) is 4.36. The summed E-state index contributed by atoms with van der Waals surface area (Å²) < 4.78 is 2.22. The van der Waals surface area contributed by atoms with Crippen LogP contribution in [0.1, 0.15) is 20.8 Å². The predicted octanol–water partition coefficient (Wildman–Crippen LogP) is 2.02. The number of hydrogen-bond acceptors (Lipinski definition) is 4. The van der Waals surface area contributed by atoms with Gasteiger partial charge in [-0.2, -0.15) is 0 Å². The topological polar surface area (TPSA) is 48.0 Å². The first kappa shape index (κ1) is 16.2. The van der Waals surface area contributed by atoms with E-state index < -0.39 is 0 Å². The molecule has 0 aliphatic heterocycles. The van der Waals surface area contributed by atoms with Crippen molar-refractivity contribution in [1.29, 1.82) is 0 Å². The molecule has 0 amide bonds. The second kappa shape index (κ2) is 7.27. The highest BCUT2D eigenvalue weighted by Gasteiger charge is 2.14. The van der Waals surface area contributed by atoms with Gasteiger partial charge in [0, 0.05) is 11.9 Å². The van der Waals surface area contributed by atoms with Crippen LogP contribution in [0, 0.1) is 0 Å². The average molecular weight is 330 g/mol. The van der Waals surface area contributed by atoms with Gasteiger partial charge in [-0.3, -0.25) is 0 Å². The predicted molar refractivity (Wildman–Crippen MR) is 96.1 cm³/mol. The minimum Gasteiger partial charge on any atom is -0.335 e.